The molecule has 0 amide bonds. The number of carboxylic acids is 1. The van der Waals surface area contributed by atoms with E-state index in [2.05, 4.69) is 5.10 Å². The van der Waals surface area contributed by atoms with Crippen molar-refractivity contribution in [3.63, 3.8) is 0 Å². The molecule has 100 valence electrons. The third-order valence-corrected chi connectivity index (χ3v) is 2.97. The van der Waals surface area contributed by atoms with Crippen LogP contribution in [-0.2, 0) is 6.42 Å². The summed E-state index contributed by atoms with van der Waals surface area (Å²) in [5.74, 6) is -1.08. The van der Waals surface area contributed by atoms with Gasteiger partial charge in [0.25, 0.3) is 0 Å². The summed E-state index contributed by atoms with van der Waals surface area (Å²) in [7, 11) is 0. The second kappa shape index (κ2) is 5.24. The standard InChI is InChI=1S/C14H16N2O3/c1-9-3-4-12(10(2)7-9)16-8-11(5-6-17)13(15-16)14(18)19/h3-4,7-8,17H,5-6H2,1-2H3,(H,18,19). The molecule has 19 heavy (non-hydrogen) atoms. The SMILES string of the molecule is Cc1ccc(-n2cc(CCO)c(C(=O)O)n2)c(C)c1. The number of aromatic carboxylic acids is 1. The van der Waals surface area contributed by atoms with Crippen molar-refractivity contribution < 1.29 is 15.0 Å². The Bertz CT molecular complexity index is 617. The van der Waals surface area contributed by atoms with Gasteiger partial charge in [-0.1, -0.05) is 17.7 Å². The van der Waals surface area contributed by atoms with Gasteiger partial charge in [0, 0.05) is 18.4 Å². The number of benzene rings is 1. The van der Waals surface area contributed by atoms with Crippen LogP contribution < -0.4 is 0 Å². The summed E-state index contributed by atoms with van der Waals surface area (Å²) in [4.78, 5) is 11.1. The van der Waals surface area contributed by atoms with Crippen molar-refractivity contribution in [2.45, 2.75) is 20.3 Å². The Morgan fingerprint density at radius 1 is 1.37 bits per heavy atom. The van der Waals surface area contributed by atoms with E-state index in [0.29, 0.717) is 5.56 Å². The van der Waals surface area contributed by atoms with Crippen molar-refractivity contribution in [1.82, 2.24) is 9.78 Å². The summed E-state index contributed by atoms with van der Waals surface area (Å²) >= 11 is 0. The lowest BCUT2D eigenvalue weighted by molar-refractivity contribution is 0.0688. The maximum atomic E-state index is 11.1. The van der Waals surface area contributed by atoms with Crippen molar-refractivity contribution in [2.24, 2.45) is 0 Å². The highest BCUT2D eigenvalue weighted by Gasteiger charge is 2.16. The van der Waals surface area contributed by atoms with E-state index in [9.17, 15) is 4.79 Å². The van der Waals surface area contributed by atoms with Gasteiger partial charge in [0.1, 0.15) is 0 Å². The van der Waals surface area contributed by atoms with Crippen molar-refractivity contribution in [1.29, 1.82) is 0 Å². The quantitative estimate of drug-likeness (QED) is 0.877. The number of aliphatic hydroxyl groups is 1. The van der Waals surface area contributed by atoms with Gasteiger partial charge >= 0.3 is 5.97 Å². The van der Waals surface area contributed by atoms with Crippen molar-refractivity contribution >= 4 is 5.97 Å². The molecule has 2 N–H and O–H groups in total. The molecule has 5 nitrogen and oxygen atoms in total. The second-order valence-corrected chi connectivity index (χ2v) is 4.52. The predicted molar refractivity (Wildman–Crippen MR) is 70.8 cm³/mol. The molecule has 1 aromatic heterocycles. The van der Waals surface area contributed by atoms with Crippen LogP contribution in [0.5, 0.6) is 0 Å². The zero-order valence-electron chi connectivity index (χ0n) is 10.9. The third kappa shape index (κ3) is 2.66. The Morgan fingerprint density at radius 3 is 2.68 bits per heavy atom. The van der Waals surface area contributed by atoms with Gasteiger partial charge in [-0.25, -0.2) is 9.48 Å². The van der Waals surface area contributed by atoms with Crippen LogP contribution in [0.15, 0.2) is 24.4 Å². The number of carbonyl (C=O) groups is 1. The lowest BCUT2D eigenvalue weighted by Crippen LogP contribution is -2.04. The van der Waals surface area contributed by atoms with E-state index >= 15 is 0 Å². The van der Waals surface area contributed by atoms with E-state index < -0.39 is 5.97 Å². The van der Waals surface area contributed by atoms with Gasteiger partial charge < -0.3 is 10.2 Å². The van der Waals surface area contributed by atoms with E-state index in [1.165, 1.54) is 0 Å². The number of hydrogen-bond donors (Lipinski definition) is 2. The number of rotatable bonds is 4. The smallest absolute Gasteiger partial charge is 0.356 e. The summed E-state index contributed by atoms with van der Waals surface area (Å²) in [5.41, 5.74) is 3.54. The molecule has 2 aromatic rings. The Morgan fingerprint density at radius 2 is 2.11 bits per heavy atom. The molecule has 1 aromatic carbocycles. The average Bonchev–Trinajstić information content (AvgIpc) is 2.73. The summed E-state index contributed by atoms with van der Waals surface area (Å²) < 4.78 is 1.56. The Balaban J connectivity index is 2.50. The molecule has 1 heterocycles. The molecule has 0 fully saturated rings. The molecule has 0 spiro atoms. The Kier molecular flexibility index (Phi) is 3.66. The van der Waals surface area contributed by atoms with Gasteiger partial charge in [0.05, 0.1) is 5.69 Å². The van der Waals surface area contributed by atoms with Gasteiger partial charge in [0.15, 0.2) is 5.69 Å². The highest BCUT2D eigenvalue weighted by atomic mass is 16.4. The first kappa shape index (κ1) is 13.3. The van der Waals surface area contributed by atoms with Gasteiger partial charge in [-0.3, -0.25) is 0 Å². The first-order valence-electron chi connectivity index (χ1n) is 6.03. The van der Waals surface area contributed by atoms with Crippen LogP contribution >= 0.6 is 0 Å². The van der Waals surface area contributed by atoms with E-state index in [4.69, 9.17) is 10.2 Å². The largest absolute Gasteiger partial charge is 0.476 e. The number of aryl methyl sites for hydroxylation is 2. The zero-order chi connectivity index (χ0) is 14.0. The first-order valence-corrected chi connectivity index (χ1v) is 6.03. The van der Waals surface area contributed by atoms with Crippen molar-refractivity contribution in [2.75, 3.05) is 6.61 Å². The monoisotopic (exact) mass is 260 g/mol. The van der Waals surface area contributed by atoms with Crippen molar-refractivity contribution in [3.05, 3.63) is 46.8 Å². The van der Waals surface area contributed by atoms with Crippen LogP contribution in [-0.4, -0.2) is 32.6 Å². The second-order valence-electron chi connectivity index (χ2n) is 4.52. The molecular formula is C14H16N2O3. The van der Waals surface area contributed by atoms with E-state index in [1.54, 1.807) is 10.9 Å². The number of aromatic nitrogens is 2. The number of hydrogen-bond acceptors (Lipinski definition) is 3. The highest BCUT2D eigenvalue weighted by molar-refractivity contribution is 5.87. The minimum Gasteiger partial charge on any atom is -0.476 e. The molecule has 2 rings (SSSR count). The molecule has 0 aliphatic rings. The minimum absolute atomic E-state index is 0.00553. The van der Waals surface area contributed by atoms with E-state index in [-0.39, 0.29) is 18.7 Å². The molecule has 0 unspecified atom stereocenters. The van der Waals surface area contributed by atoms with Crippen molar-refractivity contribution in [3.8, 4) is 5.69 Å². The molecule has 0 aliphatic heterocycles. The summed E-state index contributed by atoms with van der Waals surface area (Å²) in [6.07, 6.45) is 1.95. The van der Waals surface area contributed by atoms with Crippen LogP contribution in [0, 0.1) is 13.8 Å². The molecule has 0 radical (unpaired) electrons. The number of carboxylic acid groups (broad SMARTS) is 1. The maximum absolute atomic E-state index is 11.1. The summed E-state index contributed by atoms with van der Waals surface area (Å²) in [6.45, 7) is 3.86. The molecule has 0 saturated heterocycles. The fourth-order valence-electron chi connectivity index (χ4n) is 2.08. The normalized spacial score (nSPS) is 10.7. The molecule has 0 atom stereocenters. The van der Waals surface area contributed by atoms with Crippen LogP contribution in [0.1, 0.15) is 27.2 Å². The molecule has 0 aliphatic carbocycles. The molecule has 5 heteroatoms. The van der Waals surface area contributed by atoms with Crippen LogP contribution in [0.2, 0.25) is 0 Å². The van der Waals surface area contributed by atoms with Gasteiger partial charge in [-0.2, -0.15) is 5.10 Å². The van der Waals surface area contributed by atoms with E-state index in [1.807, 2.05) is 32.0 Å². The molecule has 0 bridgehead atoms. The predicted octanol–water partition coefficient (Wildman–Crippen LogP) is 1.72. The van der Waals surface area contributed by atoms with Crippen LogP contribution in [0.25, 0.3) is 5.69 Å². The number of aliphatic hydroxyl groups excluding tert-OH is 1. The Labute approximate surface area is 111 Å². The minimum atomic E-state index is -1.08. The maximum Gasteiger partial charge on any atom is 0.356 e. The number of nitrogens with zero attached hydrogens (tertiary/aromatic N) is 2. The topological polar surface area (TPSA) is 75.4 Å². The lowest BCUT2D eigenvalue weighted by Gasteiger charge is -2.06. The van der Waals surface area contributed by atoms with E-state index in [0.717, 1.165) is 16.8 Å². The summed E-state index contributed by atoms with van der Waals surface area (Å²) in [5, 5.41) is 22.2. The molecular weight excluding hydrogens is 244 g/mol. The highest BCUT2D eigenvalue weighted by Crippen LogP contribution is 2.18. The van der Waals surface area contributed by atoms with Gasteiger partial charge in [-0.05, 0) is 31.9 Å². The fourth-order valence-corrected chi connectivity index (χ4v) is 2.08. The van der Waals surface area contributed by atoms with Gasteiger partial charge in [-0.15, -0.1) is 0 Å². The molecule has 0 saturated carbocycles. The zero-order valence-corrected chi connectivity index (χ0v) is 10.9. The summed E-state index contributed by atoms with van der Waals surface area (Å²) in [6, 6.07) is 5.88. The van der Waals surface area contributed by atoms with Crippen LogP contribution in [0.4, 0.5) is 0 Å². The Hall–Kier alpha value is -2.14. The fraction of sp³-hybridized carbons (Fsp3) is 0.286. The van der Waals surface area contributed by atoms with Gasteiger partial charge in [0.2, 0.25) is 0 Å². The lowest BCUT2D eigenvalue weighted by atomic mass is 10.1. The first-order chi connectivity index (χ1) is 9.02. The average molecular weight is 260 g/mol. The third-order valence-electron chi connectivity index (χ3n) is 2.97. The van der Waals surface area contributed by atoms with Crippen LogP contribution in [0.3, 0.4) is 0 Å².